The first-order valence-corrected chi connectivity index (χ1v) is 11.3. The van der Waals surface area contributed by atoms with Crippen LogP contribution in [0.25, 0.3) is 0 Å². The van der Waals surface area contributed by atoms with Crippen molar-refractivity contribution in [2.75, 3.05) is 19.3 Å². The molecule has 0 aromatic heterocycles. The first-order chi connectivity index (χ1) is 12.9. The Morgan fingerprint density at radius 3 is 2.56 bits per heavy atom. The molecule has 0 unspecified atom stereocenters. The lowest BCUT2D eigenvalue weighted by Gasteiger charge is -2.18. The zero-order valence-corrected chi connectivity index (χ0v) is 16.6. The smallest absolute Gasteiger partial charge is 0.255 e. The van der Waals surface area contributed by atoms with Crippen LogP contribution in [0, 0.1) is 5.82 Å². The summed E-state index contributed by atoms with van der Waals surface area (Å²) >= 11 is 1.40. The topological polar surface area (TPSA) is 66.5 Å². The van der Waals surface area contributed by atoms with Gasteiger partial charge in [-0.2, -0.15) is 0 Å². The molecule has 5 nitrogen and oxygen atoms in total. The van der Waals surface area contributed by atoms with Crippen molar-refractivity contribution in [3.63, 3.8) is 0 Å². The number of sulfonamides is 1. The standard InChI is InChI=1S/C19H21FN2O3S2/c1-26-18-9-8-15(12-16(18)19(23)22-10-4-5-11-22)27(24,25)21-13-14-6-2-3-7-17(14)20/h2-3,6-9,12,21H,4-5,10-11,13H2,1H3. The van der Waals surface area contributed by atoms with E-state index in [9.17, 15) is 17.6 Å². The highest BCUT2D eigenvalue weighted by Gasteiger charge is 2.24. The lowest BCUT2D eigenvalue weighted by atomic mass is 10.2. The van der Waals surface area contributed by atoms with Crippen molar-refractivity contribution in [1.82, 2.24) is 9.62 Å². The van der Waals surface area contributed by atoms with Gasteiger partial charge in [-0.3, -0.25) is 4.79 Å². The van der Waals surface area contributed by atoms with Crippen molar-refractivity contribution in [3.05, 3.63) is 59.4 Å². The summed E-state index contributed by atoms with van der Waals surface area (Å²) in [6.07, 6.45) is 3.77. The molecule has 0 atom stereocenters. The molecule has 0 bridgehead atoms. The van der Waals surface area contributed by atoms with Crippen molar-refractivity contribution in [2.24, 2.45) is 0 Å². The van der Waals surface area contributed by atoms with Crippen LogP contribution in [0.3, 0.4) is 0 Å². The molecule has 1 N–H and O–H groups in total. The van der Waals surface area contributed by atoms with Gasteiger partial charge in [-0.15, -0.1) is 11.8 Å². The summed E-state index contributed by atoms with van der Waals surface area (Å²) in [5.74, 6) is -0.620. The third-order valence-electron chi connectivity index (χ3n) is 4.52. The van der Waals surface area contributed by atoms with Gasteiger partial charge in [0, 0.05) is 30.1 Å². The van der Waals surface area contributed by atoms with Gasteiger partial charge in [-0.1, -0.05) is 18.2 Å². The second-order valence-electron chi connectivity index (χ2n) is 6.28. The second kappa shape index (κ2) is 8.41. The number of hydrogen-bond donors (Lipinski definition) is 1. The molecule has 0 spiro atoms. The molecule has 1 aliphatic heterocycles. The van der Waals surface area contributed by atoms with Crippen molar-refractivity contribution >= 4 is 27.7 Å². The maximum atomic E-state index is 13.7. The van der Waals surface area contributed by atoms with E-state index < -0.39 is 15.8 Å². The normalized spacial score (nSPS) is 14.5. The van der Waals surface area contributed by atoms with Gasteiger partial charge in [0.05, 0.1) is 10.5 Å². The fraction of sp³-hybridized carbons (Fsp3) is 0.316. The molecule has 8 heteroatoms. The Bertz CT molecular complexity index is 942. The Morgan fingerprint density at radius 2 is 1.89 bits per heavy atom. The van der Waals surface area contributed by atoms with E-state index in [2.05, 4.69) is 4.72 Å². The summed E-state index contributed by atoms with van der Waals surface area (Å²) in [6.45, 7) is 1.22. The van der Waals surface area contributed by atoms with Gasteiger partial charge >= 0.3 is 0 Å². The van der Waals surface area contributed by atoms with Crippen LogP contribution in [0.4, 0.5) is 4.39 Å². The summed E-state index contributed by atoms with van der Waals surface area (Å²) in [4.78, 5) is 15.3. The number of benzene rings is 2. The molecule has 1 aliphatic rings. The molecule has 2 aromatic carbocycles. The van der Waals surface area contributed by atoms with Crippen LogP contribution in [0.1, 0.15) is 28.8 Å². The van der Waals surface area contributed by atoms with Crippen molar-refractivity contribution < 1.29 is 17.6 Å². The van der Waals surface area contributed by atoms with Crippen LogP contribution in [-0.4, -0.2) is 38.6 Å². The second-order valence-corrected chi connectivity index (χ2v) is 8.89. The van der Waals surface area contributed by atoms with Gasteiger partial charge in [0.2, 0.25) is 10.0 Å². The summed E-state index contributed by atoms with van der Waals surface area (Å²) in [6, 6.07) is 10.5. The highest BCUT2D eigenvalue weighted by Crippen LogP contribution is 2.26. The van der Waals surface area contributed by atoms with Crippen molar-refractivity contribution in [2.45, 2.75) is 29.2 Å². The molecule has 1 saturated heterocycles. The van der Waals surface area contributed by atoms with Crippen LogP contribution in [0.2, 0.25) is 0 Å². The number of hydrogen-bond acceptors (Lipinski definition) is 4. The molecule has 2 aromatic rings. The van der Waals surface area contributed by atoms with Crippen LogP contribution in [0.5, 0.6) is 0 Å². The van der Waals surface area contributed by atoms with E-state index in [1.54, 1.807) is 23.1 Å². The Balaban J connectivity index is 1.85. The third kappa shape index (κ3) is 4.51. The number of halogens is 1. The minimum atomic E-state index is -3.88. The number of carbonyl (C=O) groups excluding carboxylic acids is 1. The molecule has 0 saturated carbocycles. The summed E-state index contributed by atoms with van der Waals surface area (Å²) < 4.78 is 41.4. The summed E-state index contributed by atoms with van der Waals surface area (Å²) in [7, 11) is -3.88. The Morgan fingerprint density at radius 1 is 1.19 bits per heavy atom. The lowest BCUT2D eigenvalue weighted by Crippen LogP contribution is -2.29. The molecule has 1 heterocycles. The number of rotatable bonds is 6. The number of nitrogens with one attached hydrogen (secondary N) is 1. The van der Waals surface area contributed by atoms with E-state index in [4.69, 9.17) is 0 Å². The Hall–Kier alpha value is -1.90. The predicted molar refractivity (Wildman–Crippen MR) is 104 cm³/mol. The zero-order valence-electron chi connectivity index (χ0n) is 14.9. The quantitative estimate of drug-likeness (QED) is 0.745. The maximum absolute atomic E-state index is 13.7. The molecule has 27 heavy (non-hydrogen) atoms. The number of carbonyl (C=O) groups is 1. The van der Waals surface area contributed by atoms with Crippen LogP contribution < -0.4 is 4.72 Å². The van der Waals surface area contributed by atoms with Gasteiger partial charge in [0.1, 0.15) is 5.82 Å². The zero-order chi connectivity index (χ0) is 19.4. The van der Waals surface area contributed by atoms with E-state index in [-0.39, 0.29) is 22.9 Å². The molecule has 0 aliphatic carbocycles. The first-order valence-electron chi connectivity index (χ1n) is 8.63. The first kappa shape index (κ1) is 19.9. The number of nitrogens with zero attached hydrogens (tertiary/aromatic N) is 1. The fourth-order valence-corrected chi connectivity index (χ4v) is 4.61. The average Bonchev–Trinajstić information content (AvgIpc) is 3.21. The van der Waals surface area contributed by atoms with E-state index in [1.807, 2.05) is 6.26 Å². The van der Waals surface area contributed by atoms with Gasteiger partial charge < -0.3 is 4.90 Å². The van der Waals surface area contributed by atoms with Crippen LogP contribution in [-0.2, 0) is 16.6 Å². The molecular weight excluding hydrogens is 387 g/mol. The molecule has 0 radical (unpaired) electrons. The van der Waals surface area contributed by atoms with E-state index in [1.165, 1.54) is 36.0 Å². The van der Waals surface area contributed by atoms with Crippen LogP contribution in [0.15, 0.2) is 52.3 Å². The van der Waals surface area contributed by atoms with Gasteiger partial charge in [-0.25, -0.2) is 17.5 Å². The SMILES string of the molecule is CSc1ccc(S(=O)(=O)NCc2ccccc2F)cc1C(=O)N1CCCC1. The molecule has 1 fully saturated rings. The van der Waals surface area contributed by atoms with E-state index >= 15 is 0 Å². The van der Waals surface area contributed by atoms with E-state index in [0.29, 0.717) is 18.7 Å². The molecule has 1 amide bonds. The maximum Gasteiger partial charge on any atom is 0.255 e. The van der Waals surface area contributed by atoms with E-state index in [0.717, 1.165) is 17.7 Å². The van der Waals surface area contributed by atoms with Crippen molar-refractivity contribution in [3.8, 4) is 0 Å². The monoisotopic (exact) mass is 408 g/mol. The minimum absolute atomic E-state index is 0.000753. The highest BCUT2D eigenvalue weighted by molar-refractivity contribution is 7.98. The van der Waals surface area contributed by atoms with Gasteiger partial charge in [-0.05, 0) is 43.4 Å². The fourth-order valence-electron chi connectivity index (χ4n) is 3.01. The minimum Gasteiger partial charge on any atom is -0.339 e. The number of likely N-dealkylation sites (tertiary alicyclic amines) is 1. The summed E-state index contributed by atoms with van der Waals surface area (Å²) in [5.41, 5.74) is 0.647. The summed E-state index contributed by atoms with van der Waals surface area (Å²) in [5, 5.41) is 0. The molecule has 144 valence electrons. The number of amides is 1. The third-order valence-corrected chi connectivity index (χ3v) is 6.71. The van der Waals surface area contributed by atoms with Gasteiger partial charge in [0.25, 0.3) is 5.91 Å². The predicted octanol–water partition coefficient (Wildman–Crippen LogP) is 3.26. The lowest BCUT2D eigenvalue weighted by molar-refractivity contribution is 0.0789. The molecule has 3 rings (SSSR count). The Labute approximate surface area is 163 Å². The Kier molecular flexibility index (Phi) is 6.18. The highest BCUT2D eigenvalue weighted by atomic mass is 32.2. The van der Waals surface area contributed by atoms with Gasteiger partial charge in [0.15, 0.2) is 0 Å². The molecular formula is C19H21FN2O3S2. The van der Waals surface area contributed by atoms with Crippen molar-refractivity contribution in [1.29, 1.82) is 0 Å². The largest absolute Gasteiger partial charge is 0.339 e. The van der Waals surface area contributed by atoms with Crippen LogP contribution >= 0.6 is 11.8 Å². The average molecular weight is 409 g/mol. The number of thioether (sulfide) groups is 1.